The Bertz CT molecular complexity index is 686. The van der Waals surface area contributed by atoms with E-state index in [1.165, 1.54) is 6.33 Å². The molecule has 0 spiro atoms. The van der Waals surface area contributed by atoms with Crippen LogP contribution in [-0.2, 0) is 16.0 Å². The number of imidazole rings is 1. The van der Waals surface area contributed by atoms with Gasteiger partial charge in [-0.25, -0.2) is 4.98 Å². The van der Waals surface area contributed by atoms with E-state index >= 15 is 0 Å². The molecule has 1 aliphatic heterocycles. The zero-order chi connectivity index (χ0) is 15.0. The maximum Gasteiger partial charge on any atom is 0.280 e. The lowest BCUT2D eigenvalue weighted by Crippen LogP contribution is -2.29. The summed E-state index contributed by atoms with van der Waals surface area (Å²) in [6.07, 6.45) is -0.425. The maximum atomic E-state index is 11.7. The Morgan fingerprint density at radius 3 is 2.62 bits per heavy atom. The number of ether oxygens (including phenoxy) is 2. The fraction of sp³-hybridized carbons (Fsp3) is 0.545. The summed E-state index contributed by atoms with van der Waals surface area (Å²) in [5, 5.41) is 18.3. The van der Waals surface area contributed by atoms with Crippen LogP contribution in [0.15, 0.2) is 11.1 Å². The number of nitrogens with zero attached hydrogens (tertiary/aromatic N) is 3. The molecular formula is C11H15N5O5. The molecule has 10 heteroatoms. The van der Waals surface area contributed by atoms with E-state index in [2.05, 4.69) is 15.0 Å². The van der Waals surface area contributed by atoms with E-state index in [9.17, 15) is 4.79 Å². The third-order valence-corrected chi connectivity index (χ3v) is 3.27. The molecule has 2 aromatic rings. The predicted octanol–water partition coefficient (Wildman–Crippen LogP) is -2.20. The molecule has 114 valence electrons. The largest absolute Gasteiger partial charge is 0.394 e. The molecule has 10 nitrogen and oxygen atoms in total. The summed E-state index contributed by atoms with van der Waals surface area (Å²) in [7, 11) is 0. The third kappa shape index (κ3) is 2.49. The van der Waals surface area contributed by atoms with Gasteiger partial charge in [0.05, 0.1) is 26.1 Å². The molecule has 1 fully saturated rings. The fourth-order valence-electron chi connectivity index (χ4n) is 2.27. The Kier molecular flexibility index (Phi) is 3.59. The van der Waals surface area contributed by atoms with Crippen molar-refractivity contribution in [2.45, 2.75) is 25.0 Å². The molecule has 1 saturated heterocycles. The molecule has 2 atom stereocenters. The topological polar surface area (TPSA) is 149 Å². The van der Waals surface area contributed by atoms with Gasteiger partial charge in [0.25, 0.3) is 5.56 Å². The molecule has 5 N–H and O–H groups in total. The number of aliphatic hydroxyl groups excluding tert-OH is 2. The average molecular weight is 297 g/mol. The Hall–Kier alpha value is -2.01. The second-order valence-corrected chi connectivity index (χ2v) is 4.66. The number of hydrogen-bond acceptors (Lipinski definition) is 8. The molecule has 0 saturated carbocycles. The number of hydrogen-bond donors (Lipinski definition) is 4. The van der Waals surface area contributed by atoms with Crippen molar-refractivity contribution in [2.24, 2.45) is 0 Å². The van der Waals surface area contributed by atoms with Crippen molar-refractivity contribution < 1.29 is 19.7 Å². The second-order valence-electron chi connectivity index (χ2n) is 4.66. The standard InChI is InChI=1S/C11H15N5O5/c12-11-14-9-8(10(19)15-11)13-4-16(9)1-7-20-5(2-17)6(3-18)21-7/h4-7,17-18H,1-3H2,(H3,12,14,15,19)/t5-,6-/m1/s1. The van der Waals surface area contributed by atoms with Crippen molar-refractivity contribution in [2.75, 3.05) is 18.9 Å². The van der Waals surface area contributed by atoms with Gasteiger partial charge in [-0.05, 0) is 0 Å². The number of nitrogen functional groups attached to an aromatic ring is 1. The molecule has 2 aromatic heterocycles. The van der Waals surface area contributed by atoms with Crippen LogP contribution >= 0.6 is 0 Å². The van der Waals surface area contributed by atoms with Gasteiger partial charge in [-0.2, -0.15) is 4.98 Å². The van der Waals surface area contributed by atoms with E-state index in [0.29, 0.717) is 5.65 Å². The minimum Gasteiger partial charge on any atom is -0.394 e. The van der Waals surface area contributed by atoms with Crippen LogP contribution in [0.3, 0.4) is 0 Å². The van der Waals surface area contributed by atoms with E-state index in [1.54, 1.807) is 4.57 Å². The first-order valence-electron chi connectivity index (χ1n) is 6.35. The lowest BCUT2D eigenvalue weighted by molar-refractivity contribution is -0.0827. The van der Waals surface area contributed by atoms with Gasteiger partial charge >= 0.3 is 0 Å². The van der Waals surface area contributed by atoms with Crippen LogP contribution in [0.4, 0.5) is 5.95 Å². The molecule has 3 rings (SSSR count). The summed E-state index contributed by atoms with van der Waals surface area (Å²) in [6.45, 7) is -0.298. The van der Waals surface area contributed by atoms with Gasteiger partial charge < -0.3 is 30.0 Å². The molecular weight excluding hydrogens is 282 g/mol. The number of aromatic amines is 1. The predicted molar refractivity (Wildman–Crippen MR) is 70.3 cm³/mol. The number of anilines is 1. The summed E-state index contributed by atoms with van der Waals surface area (Å²) in [5.74, 6) is -0.0102. The van der Waals surface area contributed by atoms with Gasteiger partial charge in [-0.1, -0.05) is 0 Å². The average Bonchev–Trinajstić information content (AvgIpc) is 3.03. The number of aromatic nitrogens is 4. The van der Waals surface area contributed by atoms with E-state index in [1.807, 2.05) is 0 Å². The molecule has 0 aliphatic carbocycles. The van der Waals surface area contributed by atoms with Crippen molar-refractivity contribution in [3.8, 4) is 0 Å². The Balaban J connectivity index is 1.85. The van der Waals surface area contributed by atoms with Gasteiger partial charge in [0.2, 0.25) is 5.95 Å². The first kappa shape index (κ1) is 13.9. The van der Waals surface area contributed by atoms with Gasteiger partial charge in [0.1, 0.15) is 12.2 Å². The lowest BCUT2D eigenvalue weighted by Gasteiger charge is -2.11. The van der Waals surface area contributed by atoms with Crippen molar-refractivity contribution in [3.05, 3.63) is 16.7 Å². The minimum absolute atomic E-state index is 0.0102. The molecule has 1 aliphatic rings. The van der Waals surface area contributed by atoms with E-state index in [-0.39, 0.29) is 31.2 Å². The summed E-state index contributed by atoms with van der Waals surface area (Å²) in [4.78, 5) is 22.0. The molecule has 0 radical (unpaired) electrons. The SMILES string of the molecule is Nc1nc2c(ncn2CC2O[C@H](CO)[C@@H](CO)O2)c(=O)[nH]1. The number of nitrogens with two attached hydrogens (primary N) is 1. The number of rotatable bonds is 4. The molecule has 3 heterocycles. The van der Waals surface area contributed by atoms with E-state index < -0.39 is 24.1 Å². The summed E-state index contributed by atoms with van der Waals surface area (Å²) < 4.78 is 12.5. The van der Waals surface area contributed by atoms with Crippen LogP contribution in [0.5, 0.6) is 0 Å². The van der Waals surface area contributed by atoms with Crippen molar-refractivity contribution in [1.82, 2.24) is 19.5 Å². The van der Waals surface area contributed by atoms with E-state index in [4.69, 9.17) is 25.4 Å². The minimum atomic E-state index is -0.681. The molecule has 0 aromatic carbocycles. The van der Waals surface area contributed by atoms with Crippen LogP contribution in [0, 0.1) is 0 Å². The number of H-pyrrole nitrogens is 1. The third-order valence-electron chi connectivity index (χ3n) is 3.27. The van der Waals surface area contributed by atoms with Gasteiger partial charge in [0.15, 0.2) is 17.5 Å². The molecule has 21 heavy (non-hydrogen) atoms. The highest BCUT2D eigenvalue weighted by Crippen LogP contribution is 2.21. The second kappa shape index (κ2) is 5.41. The first-order valence-corrected chi connectivity index (χ1v) is 6.35. The zero-order valence-electron chi connectivity index (χ0n) is 11.0. The van der Waals surface area contributed by atoms with Gasteiger partial charge in [-0.15, -0.1) is 0 Å². The van der Waals surface area contributed by atoms with Crippen LogP contribution in [0.2, 0.25) is 0 Å². The lowest BCUT2D eigenvalue weighted by atomic mass is 10.2. The maximum absolute atomic E-state index is 11.7. The monoisotopic (exact) mass is 297 g/mol. The van der Waals surface area contributed by atoms with Crippen LogP contribution < -0.4 is 11.3 Å². The number of nitrogens with one attached hydrogen (secondary N) is 1. The van der Waals surface area contributed by atoms with Crippen LogP contribution in [-0.4, -0.2) is 61.4 Å². The summed E-state index contributed by atoms with van der Waals surface area (Å²) in [6, 6.07) is 0. The highest BCUT2D eigenvalue weighted by molar-refractivity contribution is 5.70. The van der Waals surface area contributed by atoms with Crippen molar-refractivity contribution in [1.29, 1.82) is 0 Å². The molecule has 0 unspecified atom stereocenters. The zero-order valence-corrected chi connectivity index (χ0v) is 11.0. The fourth-order valence-corrected chi connectivity index (χ4v) is 2.27. The molecule has 0 amide bonds. The van der Waals surface area contributed by atoms with Gasteiger partial charge in [-0.3, -0.25) is 9.78 Å². The van der Waals surface area contributed by atoms with Gasteiger partial charge in [0, 0.05) is 0 Å². The highest BCUT2D eigenvalue weighted by atomic mass is 16.7. The van der Waals surface area contributed by atoms with Crippen molar-refractivity contribution >= 4 is 17.1 Å². The van der Waals surface area contributed by atoms with Crippen molar-refractivity contribution in [3.63, 3.8) is 0 Å². The summed E-state index contributed by atoms with van der Waals surface area (Å²) >= 11 is 0. The van der Waals surface area contributed by atoms with Crippen LogP contribution in [0.25, 0.3) is 11.2 Å². The Morgan fingerprint density at radius 1 is 1.33 bits per heavy atom. The van der Waals surface area contributed by atoms with Crippen LogP contribution in [0.1, 0.15) is 0 Å². The highest BCUT2D eigenvalue weighted by Gasteiger charge is 2.35. The quantitative estimate of drug-likeness (QED) is 0.496. The Labute approximate surface area is 118 Å². The summed E-state index contributed by atoms with van der Waals surface area (Å²) in [5.41, 5.74) is 5.57. The number of aliphatic hydroxyl groups is 2. The normalized spacial score (nSPS) is 23.1. The Morgan fingerprint density at radius 2 is 2.00 bits per heavy atom. The number of fused-ring (bicyclic) bond motifs is 1. The first-order chi connectivity index (χ1) is 10.1. The smallest absolute Gasteiger partial charge is 0.280 e. The molecule has 0 bridgehead atoms. The van der Waals surface area contributed by atoms with E-state index in [0.717, 1.165) is 0 Å².